The van der Waals surface area contributed by atoms with E-state index >= 15 is 0 Å². The first kappa shape index (κ1) is 18.5. The van der Waals surface area contributed by atoms with Crippen LogP contribution in [-0.2, 0) is 11.2 Å². The minimum absolute atomic E-state index is 0.134. The maximum atomic E-state index is 12.4. The number of amides is 1. The molecule has 140 valence electrons. The Labute approximate surface area is 158 Å². The summed E-state index contributed by atoms with van der Waals surface area (Å²) in [4.78, 5) is 16.9. The first-order chi connectivity index (χ1) is 13.1. The predicted molar refractivity (Wildman–Crippen MR) is 103 cm³/mol. The van der Waals surface area contributed by atoms with Crippen LogP contribution < -0.4 is 14.8 Å². The van der Waals surface area contributed by atoms with Gasteiger partial charge < -0.3 is 19.2 Å². The minimum Gasteiger partial charge on any atom is -0.497 e. The van der Waals surface area contributed by atoms with Crippen LogP contribution in [0.2, 0.25) is 0 Å². The van der Waals surface area contributed by atoms with Crippen LogP contribution in [0.5, 0.6) is 11.5 Å². The number of rotatable bonds is 7. The molecular formula is C21H22N2O4. The summed E-state index contributed by atoms with van der Waals surface area (Å²) < 4.78 is 16.2. The molecule has 1 aromatic heterocycles. The summed E-state index contributed by atoms with van der Waals surface area (Å²) in [6.45, 7) is 1.86. The van der Waals surface area contributed by atoms with Gasteiger partial charge in [-0.25, -0.2) is 4.98 Å². The van der Waals surface area contributed by atoms with Crippen molar-refractivity contribution in [3.05, 3.63) is 60.0 Å². The molecule has 6 heteroatoms. The van der Waals surface area contributed by atoms with E-state index in [2.05, 4.69) is 10.3 Å². The van der Waals surface area contributed by atoms with Crippen LogP contribution in [0, 0.1) is 6.92 Å². The zero-order valence-corrected chi connectivity index (χ0v) is 15.6. The predicted octanol–water partition coefficient (Wildman–Crippen LogP) is 4.24. The number of hydrogen-bond donors (Lipinski definition) is 1. The van der Waals surface area contributed by atoms with Gasteiger partial charge in [0.1, 0.15) is 17.3 Å². The zero-order valence-electron chi connectivity index (χ0n) is 15.6. The fraction of sp³-hybridized carbons (Fsp3) is 0.238. The molecule has 1 N–H and O–H groups in total. The third-order valence-electron chi connectivity index (χ3n) is 4.18. The lowest BCUT2D eigenvalue weighted by Crippen LogP contribution is -2.13. The number of nitrogens with zero attached hydrogens (tertiary/aromatic N) is 1. The smallest absolute Gasteiger partial charge is 0.226 e. The van der Waals surface area contributed by atoms with Gasteiger partial charge in [-0.05, 0) is 31.2 Å². The molecule has 0 atom stereocenters. The number of anilines is 1. The molecule has 6 nitrogen and oxygen atoms in total. The van der Waals surface area contributed by atoms with E-state index in [1.807, 2.05) is 37.3 Å². The third kappa shape index (κ3) is 4.47. The maximum Gasteiger partial charge on any atom is 0.226 e. The number of nitrogens with one attached hydrogen (secondary N) is 1. The molecule has 3 rings (SSSR count). The fourth-order valence-electron chi connectivity index (χ4n) is 2.72. The van der Waals surface area contributed by atoms with E-state index < -0.39 is 0 Å². The highest BCUT2D eigenvalue weighted by Crippen LogP contribution is 2.29. The van der Waals surface area contributed by atoms with Gasteiger partial charge in [0, 0.05) is 24.5 Å². The molecule has 27 heavy (non-hydrogen) atoms. The number of oxazole rings is 1. The molecule has 0 spiro atoms. The molecule has 0 unspecified atom stereocenters. The van der Waals surface area contributed by atoms with Crippen LogP contribution in [0.1, 0.15) is 17.9 Å². The van der Waals surface area contributed by atoms with Crippen LogP contribution in [0.3, 0.4) is 0 Å². The van der Waals surface area contributed by atoms with Gasteiger partial charge in [0.05, 0.1) is 25.6 Å². The summed E-state index contributed by atoms with van der Waals surface area (Å²) in [6, 6.07) is 14.9. The molecule has 3 aromatic rings. The van der Waals surface area contributed by atoms with Gasteiger partial charge in [0.15, 0.2) is 0 Å². The molecule has 0 saturated heterocycles. The van der Waals surface area contributed by atoms with E-state index in [0.717, 1.165) is 17.0 Å². The van der Waals surface area contributed by atoms with Gasteiger partial charge in [0.25, 0.3) is 0 Å². The standard InChI is InChI=1S/C21H22N2O4/c1-14-17(23-21(27-14)15-7-5-4-6-8-15)10-12-20(24)22-18-13-16(25-2)9-11-19(18)26-3/h4-9,11,13H,10,12H2,1-3H3,(H,22,24). The lowest BCUT2D eigenvalue weighted by Gasteiger charge is -2.11. The molecule has 0 aliphatic rings. The first-order valence-electron chi connectivity index (χ1n) is 8.64. The number of hydrogen-bond acceptors (Lipinski definition) is 5. The van der Waals surface area contributed by atoms with Gasteiger partial charge in [-0.15, -0.1) is 0 Å². The van der Waals surface area contributed by atoms with E-state index in [1.54, 1.807) is 32.4 Å². The number of carbonyl (C=O) groups is 1. The normalized spacial score (nSPS) is 10.5. The number of carbonyl (C=O) groups excluding carboxylic acids is 1. The Morgan fingerprint density at radius 1 is 1.11 bits per heavy atom. The van der Waals surface area contributed by atoms with Crippen molar-refractivity contribution in [3.8, 4) is 23.0 Å². The Bertz CT molecular complexity index is 919. The zero-order chi connectivity index (χ0) is 19.2. The summed E-state index contributed by atoms with van der Waals surface area (Å²) >= 11 is 0. The Morgan fingerprint density at radius 3 is 2.59 bits per heavy atom. The van der Waals surface area contributed by atoms with Gasteiger partial charge in [-0.2, -0.15) is 0 Å². The second-order valence-electron chi connectivity index (χ2n) is 6.00. The van der Waals surface area contributed by atoms with Crippen molar-refractivity contribution in [1.29, 1.82) is 0 Å². The van der Waals surface area contributed by atoms with E-state index in [-0.39, 0.29) is 12.3 Å². The Morgan fingerprint density at radius 2 is 1.89 bits per heavy atom. The van der Waals surface area contributed by atoms with E-state index in [9.17, 15) is 4.79 Å². The van der Waals surface area contributed by atoms with E-state index in [0.29, 0.717) is 29.5 Å². The molecule has 0 fully saturated rings. The Kier molecular flexibility index (Phi) is 5.76. The molecule has 0 bridgehead atoms. The van der Waals surface area contributed by atoms with Crippen molar-refractivity contribution in [2.75, 3.05) is 19.5 Å². The summed E-state index contributed by atoms with van der Waals surface area (Å²) in [6.07, 6.45) is 0.766. The van der Waals surface area contributed by atoms with Crippen LogP contribution in [0.25, 0.3) is 11.5 Å². The quantitative estimate of drug-likeness (QED) is 0.677. The number of aryl methyl sites for hydroxylation is 2. The molecule has 0 radical (unpaired) electrons. The van der Waals surface area contributed by atoms with Crippen molar-refractivity contribution >= 4 is 11.6 Å². The monoisotopic (exact) mass is 366 g/mol. The van der Waals surface area contributed by atoms with Gasteiger partial charge >= 0.3 is 0 Å². The molecule has 0 aliphatic heterocycles. The van der Waals surface area contributed by atoms with Crippen LogP contribution in [0.15, 0.2) is 52.9 Å². The van der Waals surface area contributed by atoms with Gasteiger partial charge in [-0.3, -0.25) is 4.79 Å². The van der Waals surface area contributed by atoms with Gasteiger partial charge in [0.2, 0.25) is 11.8 Å². The molecular weight excluding hydrogens is 344 g/mol. The van der Waals surface area contributed by atoms with Gasteiger partial charge in [-0.1, -0.05) is 18.2 Å². The minimum atomic E-state index is -0.134. The number of benzene rings is 2. The van der Waals surface area contributed by atoms with Crippen molar-refractivity contribution in [2.45, 2.75) is 19.8 Å². The van der Waals surface area contributed by atoms with Crippen LogP contribution in [-0.4, -0.2) is 25.1 Å². The SMILES string of the molecule is COc1ccc(OC)c(NC(=O)CCc2nc(-c3ccccc3)oc2C)c1. The second-order valence-corrected chi connectivity index (χ2v) is 6.00. The van der Waals surface area contributed by atoms with Crippen molar-refractivity contribution in [1.82, 2.24) is 4.98 Å². The number of methoxy groups -OCH3 is 2. The maximum absolute atomic E-state index is 12.4. The average molecular weight is 366 g/mol. The molecule has 1 heterocycles. The summed E-state index contributed by atoms with van der Waals surface area (Å²) in [5, 5.41) is 2.86. The molecule has 1 amide bonds. The van der Waals surface area contributed by atoms with Crippen molar-refractivity contribution in [3.63, 3.8) is 0 Å². The lowest BCUT2D eigenvalue weighted by molar-refractivity contribution is -0.116. The Balaban J connectivity index is 1.66. The summed E-state index contributed by atoms with van der Waals surface area (Å²) in [7, 11) is 3.13. The Hall–Kier alpha value is -3.28. The molecule has 0 saturated carbocycles. The van der Waals surface area contributed by atoms with E-state index in [1.165, 1.54) is 0 Å². The fourth-order valence-corrected chi connectivity index (χ4v) is 2.72. The summed E-state index contributed by atoms with van der Waals surface area (Å²) in [5.41, 5.74) is 2.27. The second kappa shape index (κ2) is 8.40. The van der Waals surface area contributed by atoms with E-state index in [4.69, 9.17) is 13.9 Å². The van der Waals surface area contributed by atoms with Crippen LogP contribution in [0.4, 0.5) is 5.69 Å². The first-order valence-corrected chi connectivity index (χ1v) is 8.64. The summed E-state index contributed by atoms with van der Waals surface area (Å²) in [5.74, 6) is 2.38. The largest absolute Gasteiger partial charge is 0.497 e. The average Bonchev–Trinajstić information content (AvgIpc) is 3.07. The highest BCUT2D eigenvalue weighted by Gasteiger charge is 2.14. The lowest BCUT2D eigenvalue weighted by atomic mass is 10.2. The third-order valence-corrected chi connectivity index (χ3v) is 4.18. The molecule has 0 aliphatic carbocycles. The van der Waals surface area contributed by atoms with Crippen molar-refractivity contribution in [2.24, 2.45) is 0 Å². The highest BCUT2D eigenvalue weighted by molar-refractivity contribution is 5.92. The number of aromatic nitrogens is 1. The number of ether oxygens (including phenoxy) is 2. The molecule has 2 aromatic carbocycles. The topological polar surface area (TPSA) is 73.6 Å². The van der Waals surface area contributed by atoms with Crippen molar-refractivity contribution < 1.29 is 18.7 Å². The highest BCUT2D eigenvalue weighted by atomic mass is 16.5. The van der Waals surface area contributed by atoms with Crippen LogP contribution >= 0.6 is 0 Å².